The van der Waals surface area contributed by atoms with Crippen molar-refractivity contribution in [2.45, 2.75) is 6.54 Å². The van der Waals surface area contributed by atoms with Gasteiger partial charge in [0.15, 0.2) is 11.6 Å². The van der Waals surface area contributed by atoms with E-state index in [1.54, 1.807) is 47.4 Å². The molecule has 0 spiro atoms. The summed E-state index contributed by atoms with van der Waals surface area (Å²) in [6.07, 6.45) is 6.42. The smallest absolute Gasteiger partial charge is 0.257 e. The zero-order valence-electron chi connectivity index (χ0n) is 14.6. The number of carbonyl (C=O) groups excluding carboxylic acids is 1. The van der Waals surface area contributed by atoms with Crippen LogP contribution < -0.4 is 5.32 Å². The van der Waals surface area contributed by atoms with Gasteiger partial charge in [0, 0.05) is 24.7 Å². The van der Waals surface area contributed by atoms with Crippen LogP contribution in [0.3, 0.4) is 0 Å². The first-order valence-corrected chi connectivity index (χ1v) is 8.48. The lowest BCUT2D eigenvalue weighted by atomic mass is 10.2. The van der Waals surface area contributed by atoms with Gasteiger partial charge in [0.25, 0.3) is 5.91 Å². The zero-order valence-corrected chi connectivity index (χ0v) is 14.6. The van der Waals surface area contributed by atoms with E-state index in [-0.39, 0.29) is 23.7 Å². The van der Waals surface area contributed by atoms with Crippen LogP contribution in [0, 0.1) is 11.6 Å². The number of benzene rings is 1. The van der Waals surface area contributed by atoms with Gasteiger partial charge in [-0.1, -0.05) is 6.07 Å². The summed E-state index contributed by atoms with van der Waals surface area (Å²) in [5.74, 6) is -1.52. The summed E-state index contributed by atoms with van der Waals surface area (Å²) in [6.45, 7) is 0.237. The quantitative estimate of drug-likeness (QED) is 0.579. The average Bonchev–Trinajstić information content (AvgIpc) is 3.36. The zero-order chi connectivity index (χ0) is 19.5. The average molecular weight is 379 g/mol. The molecule has 0 aliphatic heterocycles. The molecule has 0 atom stereocenters. The third-order valence-electron chi connectivity index (χ3n) is 4.13. The molecule has 3 heterocycles. The number of nitrogens with zero attached hydrogens (tertiary/aromatic N) is 4. The summed E-state index contributed by atoms with van der Waals surface area (Å²) in [7, 11) is 0. The van der Waals surface area contributed by atoms with Gasteiger partial charge in [0.2, 0.25) is 0 Å². The Morgan fingerprint density at radius 1 is 1.07 bits per heavy atom. The van der Waals surface area contributed by atoms with Crippen molar-refractivity contribution in [3.8, 4) is 11.5 Å². The minimum atomic E-state index is -0.781. The van der Waals surface area contributed by atoms with Crippen molar-refractivity contribution in [1.82, 2.24) is 24.6 Å². The largest absolute Gasteiger partial charge is 0.346 e. The standard InChI is InChI=1S/C20H15F2N5O/c21-14-6-7-18(17(22)11-14)27-20(26-9-3-4-10-26)16(13-25-27)19(28)24-12-15-5-1-2-8-23-15/h1-11,13H,12H2,(H,24,28). The monoisotopic (exact) mass is 379 g/mol. The van der Waals surface area contributed by atoms with E-state index in [0.29, 0.717) is 11.5 Å². The number of hydrogen-bond donors (Lipinski definition) is 1. The van der Waals surface area contributed by atoms with Gasteiger partial charge in [-0.15, -0.1) is 0 Å². The summed E-state index contributed by atoms with van der Waals surface area (Å²) >= 11 is 0. The van der Waals surface area contributed by atoms with Gasteiger partial charge >= 0.3 is 0 Å². The van der Waals surface area contributed by atoms with Crippen LogP contribution in [-0.2, 0) is 6.54 Å². The predicted molar refractivity (Wildman–Crippen MR) is 98.2 cm³/mol. The fraction of sp³-hybridized carbons (Fsp3) is 0.0500. The summed E-state index contributed by atoms with van der Waals surface area (Å²) in [5, 5.41) is 6.95. The number of amides is 1. The Morgan fingerprint density at radius 2 is 1.89 bits per heavy atom. The molecule has 1 amide bonds. The molecule has 0 bridgehead atoms. The van der Waals surface area contributed by atoms with Crippen molar-refractivity contribution in [1.29, 1.82) is 0 Å². The minimum absolute atomic E-state index is 0.0360. The molecule has 28 heavy (non-hydrogen) atoms. The predicted octanol–water partition coefficient (Wildman–Crippen LogP) is 3.27. The van der Waals surface area contributed by atoms with Gasteiger partial charge < -0.3 is 9.88 Å². The van der Waals surface area contributed by atoms with Crippen LogP contribution in [0.4, 0.5) is 8.78 Å². The Kier molecular flexibility index (Phi) is 4.67. The molecule has 1 aromatic carbocycles. The normalized spacial score (nSPS) is 10.8. The molecule has 1 N–H and O–H groups in total. The van der Waals surface area contributed by atoms with Crippen LogP contribution in [0.1, 0.15) is 16.1 Å². The third kappa shape index (κ3) is 3.39. The first kappa shape index (κ1) is 17.6. The number of nitrogens with one attached hydrogen (secondary N) is 1. The van der Waals surface area contributed by atoms with Gasteiger partial charge in [-0.2, -0.15) is 5.10 Å². The number of halogens is 2. The van der Waals surface area contributed by atoms with Gasteiger partial charge in [0.1, 0.15) is 17.1 Å². The lowest BCUT2D eigenvalue weighted by Crippen LogP contribution is -2.24. The summed E-state index contributed by atoms with van der Waals surface area (Å²) in [6, 6.07) is 12.1. The van der Waals surface area contributed by atoms with Crippen LogP contribution in [0.25, 0.3) is 11.5 Å². The molecule has 0 unspecified atom stereocenters. The van der Waals surface area contributed by atoms with E-state index in [1.807, 2.05) is 6.07 Å². The van der Waals surface area contributed by atoms with E-state index < -0.39 is 11.6 Å². The van der Waals surface area contributed by atoms with E-state index in [2.05, 4.69) is 15.4 Å². The highest BCUT2D eigenvalue weighted by atomic mass is 19.1. The molecule has 0 aliphatic carbocycles. The topological polar surface area (TPSA) is 64.7 Å². The van der Waals surface area contributed by atoms with Crippen LogP contribution >= 0.6 is 0 Å². The number of carbonyl (C=O) groups is 1. The number of aromatic nitrogens is 4. The molecule has 6 nitrogen and oxygen atoms in total. The van der Waals surface area contributed by atoms with Gasteiger partial charge in [0.05, 0.1) is 18.4 Å². The van der Waals surface area contributed by atoms with E-state index in [4.69, 9.17) is 0 Å². The molecule has 3 aromatic heterocycles. The highest BCUT2D eigenvalue weighted by molar-refractivity contribution is 5.97. The van der Waals surface area contributed by atoms with Crippen LogP contribution in [0.2, 0.25) is 0 Å². The SMILES string of the molecule is O=C(NCc1ccccn1)c1cnn(-c2ccc(F)cc2F)c1-n1cccc1. The van der Waals surface area contributed by atoms with Gasteiger partial charge in [-0.3, -0.25) is 9.78 Å². The van der Waals surface area contributed by atoms with Crippen LogP contribution in [0.15, 0.2) is 73.3 Å². The maximum Gasteiger partial charge on any atom is 0.257 e. The Hall–Kier alpha value is -3.81. The highest BCUT2D eigenvalue weighted by Gasteiger charge is 2.21. The molecule has 0 radical (unpaired) electrons. The molecule has 140 valence electrons. The number of hydrogen-bond acceptors (Lipinski definition) is 3. The Bertz CT molecular complexity index is 1110. The van der Waals surface area contributed by atoms with Crippen molar-refractivity contribution in [3.63, 3.8) is 0 Å². The molecule has 8 heteroatoms. The molecular weight excluding hydrogens is 364 g/mol. The fourth-order valence-electron chi connectivity index (χ4n) is 2.82. The van der Waals surface area contributed by atoms with Crippen molar-refractivity contribution in [2.24, 2.45) is 0 Å². The van der Waals surface area contributed by atoms with E-state index >= 15 is 0 Å². The summed E-state index contributed by atoms with van der Waals surface area (Å²) in [5.41, 5.74) is 0.986. The summed E-state index contributed by atoms with van der Waals surface area (Å²) < 4.78 is 30.5. The molecule has 0 saturated heterocycles. The van der Waals surface area contributed by atoms with E-state index in [0.717, 1.165) is 12.1 Å². The van der Waals surface area contributed by atoms with E-state index in [9.17, 15) is 13.6 Å². The first-order valence-electron chi connectivity index (χ1n) is 8.48. The molecule has 0 fully saturated rings. The Morgan fingerprint density at radius 3 is 2.61 bits per heavy atom. The van der Waals surface area contributed by atoms with Crippen molar-refractivity contribution >= 4 is 5.91 Å². The Balaban J connectivity index is 1.72. The van der Waals surface area contributed by atoms with Gasteiger partial charge in [-0.25, -0.2) is 13.5 Å². The second-order valence-corrected chi connectivity index (χ2v) is 5.98. The second-order valence-electron chi connectivity index (χ2n) is 5.98. The highest BCUT2D eigenvalue weighted by Crippen LogP contribution is 2.22. The summed E-state index contributed by atoms with van der Waals surface area (Å²) in [4.78, 5) is 16.9. The van der Waals surface area contributed by atoms with Crippen LogP contribution in [0.5, 0.6) is 0 Å². The minimum Gasteiger partial charge on any atom is -0.346 e. The molecule has 0 saturated carbocycles. The van der Waals surface area contributed by atoms with Crippen molar-refractivity contribution in [3.05, 3.63) is 96.2 Å². The van der Waals surface area contributed by atoms with Crippen LogP contribution in [-0.4, -0.2) is 25.2 Å². The lowest BCUT2D eigenvalue weighted by molar-refractivity contribution is 0.0950. The van der Waals surface area contributed by atoms with Crippen molar-refractivity contribution < 1.29 is 13.6 Å². The lowest BCUT2D eigenvalue weighted by Gasteiger charge is -2.12. The number of rotatable bonds is 5. The van der Waals surface area contributed by atoms with Gasteiger partial charge in [-0.05, 0) is 36.4 Å². The molecule has 4 rings (SSSR count). The maximum absolute atomic E-state index is 14.3. The third-order valence-corrected chi connectivity index (χ3v) is 4.13. The molecular formula is C20H15F2N5O. The Labute approximate surface area is 159 Å². The number of pyridine rings is 1. The second kappa shape index (κ2) is 7.43. The molecule has 0 aliphatic rings. The first-order chi connectivity index (χ1) is 13.6. The van der Waals surface area contributed by atoms with E-state index in [1.165, 1.54) is 16.9 Å². The fourth-order valence-corrected chi connectivity index (χ4v) is 2.82. The van der Waals surface area contributed by atoms with Crippen molar-refractivity contribution in [2.75, 3.05) is 0 Å². The molecule has 4 aromatic rings. The maximum atomic E-state index is 14.3.